The van der Waals surface area contributed by atoms with E-state index in [0.29, 0.717) is 43.2 Å². The van der Waals surface area contributed by atoms with Gasteiger partial charge >= 0.3 is 21.4 Å². The molecule has 7 rings (SSSR count). The summed E-state index contributed by atoms with van der Waals surface area (Å²) in [6, 6.07) is 3.45. The summed E-state index contributed by atoms with van der Waals surface area (Å²) < 4.78 is 19.3. The van der Waals surface area contributed by atoms with E-state index in [4.69, 9.17) is 60.0 Å². The summed E-state index contributed by atoms with van der Waals surface area (Å²) in [7, 11) is -0.406. The first-order valence-electron chi connectivity index (χ1n) is 17.7. The highest BCUT2D eigenvalue weighted by molar-refractivity contribution is 6.72. The number of hydrogen-bond acceptors (Lipinski definition) is 9. The highest BCUT2D eigenvalue weighted by Crippen LogP contribution is 2.41. The smallest absolute Gasteiger partial charge is 0.426 e. The van der Waals surface area contributed by atoms with E-state index in [1.807, 2.05) is 61.4 Å². The van der Waals surface area contributed by atoms with Crippen LogP contribution in [0.25, 0.3) is 22.3 Å². The van der Waals surface area contributed by atoms with Gasteiger partial charge in [-0.1, -0.05) is 89.2 Å². The zero-order chi connectivity index (χ0) is 36.9. The van der Waals surface area contributed by atoms with Gasteiger partial charge in [0.2, 0.25) is 0 Å². The number of halogens is 3. The molecule has 0 aromatic carbocycles. The molecule has 3 fully saturated rings. The predicted molar refractivity (Wildman–Crippen MR) is 224 cm³/mol. The monoisotopic (exact) mass is 786 g/mol. The SMILES string of the molecule is C.C.CB1OB(C)OB(C)O1.CC1(Cn2cc(-c3c(N)cc(Cl)nc3Cl)cn2)CCCC1.Cc1cc(N)c(-c2cnn(CC3(C)CCCC3)c2)c(Cl)n1. The molecule has 4 N–H and O–H groups in total. The first-order chi connectivity index (χ1) is 24.1. The number of anilines is 2. The third-order valence-corrected chi connectivity index (χ3v) is 10.6. The van der Waals surface area contributed by atoms with Crippen molar-refractivity contribution in [3.63, 3.8) is 0 Å². The molecule has 11 nitrogen and oxygen atoms in total. The van der Waals surface area contributed by atoms with Crippen molar-refractivity contribution in [1.29, 1.82) is 0 Å². The van der Waals surface area contributed by atoms with Crippen molar-refractivity contribution in [1.82, 2.24) is 29.5 Å². The standard InChI is InChI=1S/C16H21ClN4.C15H18Cl2N4.C3H9B3O3.2CH4/c1-11-7-13(18)14(15(17)20-11)12-8-19-21(9-12)10-16(2)5-3-4-6-16;1-15(4-2-3-5-15)9-21-8-10(7-19-21)13-11(18)6-12(16)20-14(13)17;1-4-7-5(2)9-6(3)8-4;;/h7-9H,3-6,10H2,1-2H3,(H2,18,20);6-8H,2-5,9H2,1H3,(H2,18,20);1-3H3;2*1H4. The van der Waals surface area contributed by atoms with Crippen molar-refractivity contribution < 1.29 is 13.7 Å². The fourth-order valence-electron chi connectivity index (χ4n) is 7.35. The summed E-state index contributed by atoms with van der Waals surface area (Å²) in [5, 5.41) is 9.98. The minimum atomic E-state index is -0.135. The summed E-state index contributed by atoms with van der Waals surface area (Å²) in [5.74, 6) is 0. The van der Waals surface area contributed by atoms with Gasteiger partial charge in [0.25, 0.3) is 0 Å². The quantitative estimate of drug-likeness (QED) is 0.144. The molecule has 17 heteroatoms. The number of nitrogen functional groups attached to an aromatic ring is 2. The Morgan fingerprint density at radius 1 is 0.679 bits per heavy atom. The topological polar surface area (TPSA) is 141 Å². The van der Waals surface area contributed by atoms with Crippen LogP contribution >= 0.6 is 34.8 Å². The van der Waals surface area contributed by atoms with Gasteiger partial charge in [-0.3, -0.25) is 9.36 Å². The van der Waals surface area contributed by atoms with Crippen LogP contribution in [0.3, 0.4) is 0 Å². The van der Waals surface area contributed by atoms with Gasteiger partial charge < -0.3 is 25.2 Å². The van der Waals surface area contributed by atoms with Crippen LogP contribution in [0.15, 0.2) is 36.9 Å². The molecule has 4 aromatic heterocycles. The lowest BCUT2D eigenvalue weighted by molar-refractivity contribution is 0.268. The minimum Gasteiger partial charge on any atom is -0.453 e. The molecule has 1 aliphatic heterocycles. The summed E-state index contributed by atoms with van der Waals surface area (Å²) >= 11 is 18.3. The third kappa shape index (κ3) is 12.1. The lowest BCUT2D eigenvalue weighted by Crippen LogP contribution is -2.44. The van der Waals surface area contributed by atoms with Crippen LogP contribution in [0.4, 0.5) is 11.4 Å². The molecule has 2 saturated carbocycles. The molecule has 0 unspecified atom stereocenters. The number of pyridine rings is 2. The summed E-state index contributed by atoms with van der Waals surface area (Å²) in [5.41, 5.74) is 18.1. The Kier molecular flexibility index (Phi) is 16.2. The van der Waals surface area contributed by atoms with Gasteiger partial charge in [-0.05, 0) is 76.0 Å². The predicted octanol–water partition coefficient (Wildman–Crippen LogP) is 10.2. The Balaban J connectivity index is 0.000000226. The molecule has 1 saturated heterocycles. The van der Waals surface area contributed by atoms with Crippen LogP contribution < -0.4 is 11.5 Å². The zero-order valence-electron chi connectivity index (χ0n) is 30.5. The second kappa shape index (κ2) is 19.2. The molecule has 53 heavy (non-hydrogen) atoms. The van der Waals surface area contributed by atoms with Gasteiger partial charge in [0.1, 0.15) is 15.5 Å². The highest BCUT2D eigenvalue weighted by Gasteiger charge is 2.32. The third-order valence-electron chi connectivity index (χ3n) is 9.81. The molecule has 0 atom stereocenters. The van der Waals surface area contributed by atoms with Gasteiger partial charge in [-0.2, -0.15) is 10.2 Å². The van der Waals surface area contributed by atoms with Gasteiger partial charge in [0, 0.05) is 64.8 Å². The van der Waals surface area contributed by atoms with Gasteiger partial charge in [-0.15, -0.1) is 0 Å². The Morgan fingerprint density at radius 3 is 1.43 bits per heavy atom. The molecule has 0 amide bonds. The van der Waals surface area contributed by atoms with E-state index in [9.17, 15) is 0 Å². The zero-order valence-corrected chi connectivity index (χ0v) is 32.7. The Hall–Kier alpha value is -2.74. The lowest BCUT2D eigenvalue weighted by atomic mass is 9.74. The van der Waals surface area contributed by atoms with Crippen molar-refractivity contribution in [3.05, 3.63) is 58.1 Å². The van der Waals surface area contributed by atoms with Crippen LogP contribution in [0.1, 0.15) is 85.8 Å². The maximum absolute atomic E-state index is 6.25. The Bertz CT molecular complexity index is 1600. The number of nitrogens with two attached hydrogens (primary N) is 2. The molecule has 4 aromatic rings. The Labute approximate surface area is 332 Å². The average Bonchev–Trinajstić information content (AvgIpc) is 3.83. The van der Waals surface area contributed by atoms with Gasteiger partial charge in [0.05, 0.1) is 12.4 Å². The fourth-order valence-corrected chi connectivity index (χ4v) is 8.26. The van der Waals surface area contributed by atoms with Crippen LogP contribution in [-0.2, 0) is 26.8 Å². The van der Waals surface area contributed by atoms with Crippen LogP contribution in [0.5, 0.6) is 0 Å². The lowest BCUT2D eigenvalue weighted by Gasteiger charge is -2.25. The normalized spacial score (nSPS) is 17.3. The summed E-state index contributed by atoms with van der Waals surface area (Å²) in [4.78, 5) is 8.34. The van der Waals surface area contributed by atoms with Gasteiger partial charge in [0.15, 0.2) is 0 Å². The molecule has 0 radical (unpaired) electrons. The van der Waals surface area contributed by atoms with Crippen LogP contribution in [0, 0.1) is 17.8 Å². The van der Waals surface area contributed by atoms with E-state index in [0.717, 1.165) is 35.5 Å². The summed E-state index contributed by atoms with van der Waals surface area (Å²) in [6.45, 7) is 14.0. The molecule has 3 aliphatic rings. The first-order valence-corrected chi connectivity index (χ1v) is 18.8. The number of aryl methyl sites for hydroxylation is 1. The van der Waals surface area contributed by atoms with Crippen molar-refractivity contribution >= 4 is 67.5 Å². The van der Waals surface area contributed by atoms with E-state index in [1.165, 1.54) is 51.4 Å². The van der Waals surface area contributed by atoms with Crippen molar-refractivity contribution in [2.24, 2.45) is 10.8 Å². The molecular weight excluding hydrogens is 731 g/mol. The van der Waals surface area contributed by atoms with Crippen molar-refractivity contribution in [2.75, 3.05) is 11.5 Å². The molecule has 5 heterocycles. The van der Waals surface area contributed by atoms with Crippen LogP contribution in [0.2, 0.25) is 35.9 Å². The molecule has 2 aliphatic carbocycles. The van der Waals surface area contributed by atoms with E-state index >= 15 is 0 Å². The second-order valence-electron chi connectivity index (χ2n) is 14.7. The van der Waals surface area contributed by atoms with E-state index in [2.05, 4.69) is 34.0 Å². The molecular formula is C36H56B3Cl3N8O3. The van der Waals surface area contributed by atoms with Crippen molar-refractivity contribution in [3.8, 4) is 22.3 Å². The Morgan fingerprint density at radius 2 is 1.06 bits per heavy atom. The fraction of sp³-hybridized carbons (Fsp3) is 0.556. The molecule has 288 valence electrons. The number of hydrogen-bond donors (Lipinski definition) is 2. The number of rotatable bonds is 6. The van der Waals surface area contributed by atoms with Gasteiger partial charge in [-0.25, -0.2) is 9.97 Å². The average molecular weight is 788 g/mol. The minimum absolute atomic E-state index is 0. The van der Waals surface area contributed by atoms with Crippen LogP contribution in [-0.4, -0.2) is 50.9 Å². The molecule has 0 spiro atoms. The molecule has 0 bridgehead atoms. The summed E-state index contributed by atoms with van der Waals surface area (Å²) in [6.07, 6.45) is 18.0. The maximum Gasteiger partial charge on any atom is 0.426 e. The first kappa shape index (κ1) is 44.7. The maximum atomic E-state index is 6.25. The highest BCUT2D eigenvalue weighted by atomic mass is 35.5. The van der Waals surface area contributed by atoms with Crippen molar-refractivity contribution in [2.45, 2.75) is 121 Å². The largest absolute Gasteiger partial charge is 0.453 e. The second-order valence-corrected chi connectivity index (χ2v) is 15.8. The number of aromatic nitrogens is 6. The number of nitrogens with zero attached hydrogens (tertiary/aromatic N) is 6. The van der Waals surface area contributed by atoms with E-state index < -0.39 is 0 Å². The van der Waals surface area contributed by atoms with E-state index in [1.54, 1.807) is 12.3 Å². The van der Waals surface area contributed by atoms with E-state index in [-0.39, 0.29) is 36.2 Å².